The van der Waals surface area contributed by atoms with Crippen LogP contribution in [0.4, 0.5) is 4.39 Å². The van der Waals surface area contributed by atoms with Gasteiger partial charge in [-0.3, -0.25) is 0 Å². The number of halogens is 1. The summed E-state index contributed by atoms with van der Waals surface area (Å²) >= 11 is 1.57. The molecule has 1 nitrogen and oxygen atoms in total. The van der Waals surface area contributed by atoms with Gasteiger partial charge in [0, 0.05) is 11.6 Å². The van der Waals surface area contributed by atoms with Crippen LogP contribution in [-0.2, 0) is 0 Å². The summed E-state index contributed by atoms with van der Waals surface area (Å²) in [4.78, 5) is 4.46. The van der Waals surface area contributed by atoms with Gasteiger partial charge < -0.3 is 0 Å². The molecule has 3 rings (SSSR count). The zero-order valence-electron chi connectivity index (χ0n) is 8.27. The second-order valence-corrected chi connectivity index (χ2v) is 4.44. The van der Waals surface area contributed by atoms with Crippen LogP contribution in [0.25, 0.3) is 20.8 Å². The van der Waals surface area contributed by atoms with Crippen LogP contribution in [0, 0.1) is 11.9 Å². The van der Waals surface area contributed by atoms with Crippen molar-refractivity contribution in [3.05, 3.63) is 54.3 Å². The SMILES string of the molecule is Fc1[c]ccc(-c2nc3ccccc3s2)c1. The van der Waals surface area contributed by atoms with Crippen molar-refractivity contribution in [2.75, 3.05) is 0 Å². The summed E-state index contributed by atoms with van der Waals surface area (Å²) in [5.74, 6) is -0.350. The highest BCUT2D eigenvalue weighted by atomic mass is 32.1. The minimum Gasteiger partial charge on any atom is -0.236 e. The number of fused-ring (bicyclic) bond motifs is 1. The van der Waals surface area contributed by atoms with Crippen molar-refractivity contribution >= 4 is 21.6 Å². The van der Waals surface area contributed by atoms with Crippen LogP contribution >= 0.6 is 11.3 Å². The van der Waals surface area contributed by atoms with Gasteiger partial charge in [-0.05, 0) is 18.2 Å². The fourth-order valence-corrected chi connectivity index (χ4v) is 2.53. The highest BCUT2D eigenvalue weighted by Crippen LogP contribution is 2.29. The van der Waals surface area contributed by atoms with Gasteiger partial charge in [0.1, 0.15) is 10.8 Å². The normalized spacial score (nSPS) is 10.8. The molecule has 1 heterocycles. The van der Waals surface area contributed by atoms with Crippen LogP contribution in [0.1, 0.15) is 0 Å². The topological polar surface area (TPSA) is 12.9 Å². The van der Waals surface area contributed by atoms with E-state index in [-0.39, 0.29) is 5.82 Å². The number of aromatic nitrogens is 1. The highest BCUT2D eigenvalue weighted by molar-refractivity contribution is 7.21. The fraction of sp³-hybridized carbons (Fsp3) is 0. The van der Waals surface area contributed by atoms with Crippen LogP contribution in [0.3, 0.4) is 0 Å². The Kier molecular flexibility index (Phi) is 2.18. The predicted molar refractivity (Wildman–Crippen MR) is 63.9 cm³/mol. The number of para-hydroxylation sites is 1. The number of nitrogens with zero attached hydrogens (tertiary/aromatic N) is 1. The number of benzene rings is 2. The average Bonchev–Trinajstić information content (AvgIpc) is 2.72. The average molecular weight is 228 g/mol. The molecule has 77 valence electrons. The quantitative estimate of drug-likeness (QED) is 0.615. The van der Waals surface area contributed by atoms with E-state index in [2.05, 4.69) is 11.1 Å². The first kappa shape index (κ1) is 9.48. The Balaban J connectivity index is 2.19. The summed E-state index contributed by atoms with van der Waals surface area (Å²) in [5, 5.41) is 0.842. The molecule has 0 aliphatic rings. The molecule has 0 bridgehead atoms. The number of hydrogen-bond acceptors (Lipinski definition) is 2. The third kappa shape index (κ3) is 1.59. The Bertz CT molecular complexity index is 612. The van der Waals surface area contributed by atoms with Crippen molar-refractivity contribution in [2.45, 2.75) is 0 Å². The lowest BCUT2D eigenvalue weighted by molar-refractivity contribution is 0.626. The molecule has 0 amide bonds. The van der Waals surface area contributed by atoms with E-state index in [4.69, 9.17) is 0 Å². The standard InChI is InChI=1S/C13H7FNS/c14-10-5-3-4-9(8-10)13-15-11-6-1-2-7-12(11)16-13/h1-4,6-8H. The minimum absolute atomic E-state index is 0.350. The van der Waals surface area contributed by atoms with Crippen molar-refractivity contribution in [3.63, 3.8) is 0 Å². The minimum atomic E-state index is -0.350. The Morgan fingerprint density at radius 1 is 1.19 bits per heavy atom. The highest BCUT2D eigenvalue weighted by Gasteiger charge is 2.05. The second kappa shape index (κ2) is 3.68. The molecule has 0 fully saturated rings. The first-order valence-corrected chi connectivity index (χ1v) is 5.68. The van der Waals surface area contributed by atoms with Crippen LogP contribution in [-0.4, -0.2) is 4.98 Å². The summed E-state index contributed by atoms with van der Waals surface area (Å²) in [7, 11) is 0. The first-order chi connectivity index (χ1) is 7.83. The van der Waals surface area contributed by atoms with Crippen LogP contribution in [0.5, 0.6) is 0 Å². The molecule has 1 radical (unpaired) electrons. The van der Waals surface area contributed by atoms with E-state index in [1.54, 1.807) is 17.4 Å². The van der Waals surface area contributed by atoms with Gasteiger partial charge in [-0.2, -0.15) is 0 Å². The Hall–Kier alpha value is -1.74. The molecule has 0 N–H and O–H groups in total. The maximum atomic E-state index is 13.0. The van der Waals surface area contributed by atoms with Crippen molar-refractivity contribution in [1.29, 1.82) is 0 Å². The third-order valence-electron chi connectivity index (χ3n) is 2.31. The van der Waals surface area contributed by atoms with Crippen molar-refractivity contribution in [2.24, 2.45) is 0 Å². The van der Waals surface area contributed by atoms with E-state index in [0.717, 1.165) is 20.8 Å². The zero-order chi connectivity index (χ0) is 11.0. The molecule has 0 spiro atoms. The lowest BCUT2D eigenvalue weighted by Gasteiger charge is -1.94. The fourth-order valence-electron chi connectivity index (χ4n) is 1.57. The first-order valence-electron chi connectivity index (χ1n) is 4.86. The number of thiazole rings is 1. The summed E-state index contributed by atoms with van der Waals surface area (Å²) in [6, 6.07) is 15.2. The van der Waals surface area contributed by atoms with E-state index >= 15 is 0 Å². The molecule has 0 unspecified atom stereocenters. The molecule has 16 heavy (non-hydrogen) atoms. The summed E-state index contributed by atoms with van der Waals surface area (Å²) in [6.07, 6.45) is 0. The number of hydrogen-bond donors (Lipinski definition) is 0. The molecule has 2 aromatic carbocycles. The van der Waals surface area contributed by atoms with Gasteiger partial charge in [-0.1, -0.05) is 24.3 Å². The predicted octanol–water partition coefficient (Wildman–Crippen LogP) is 3.90. The van der Waals surface area contributed by atoms with Gasteiger partial charge in [-0.25, -0.2) is 9.37 Å². The lowest BCUT2D eigenvalue weighted by Crippen LogP contribution is -1.78. The molecule has 0 aliphatic heterocycles. The largest absolute Gasteiger partial charge is 0.236 e. The molecule has 3 heteroatoms. The molecule has 1 aromatic heterocycles. The smallest absolute Gasteiger partial charge is 0.131 e. The third-order valence-corrected chi connectivity index (χ3v) is 3.39. The Labute approximate surface area is 96.2 Å². The molecule has 0 atom stereocenters. The monoisotopic (exact) mass is 228 g/mol. The second-order valence-electron chi connectivity index (χ2n) is 3.41. The maximum Gasteiger partial charge on any atom is 0.131 e. The van der Waals surface area contributed by atoms with Gasteiger partial charge in [0.2, 0.25) is 0 Å². The molecular formula is C13H7FNS. The van der Waals surface area contributed by atoms with E-state index in [1.165, 1.54) is 6.07 Å². The van der Waals surface area contributed by atoms with E-state index in [0.29, 0.717) is 0 Å². The van der Waals surface area contributed by atoms with Crippen molar-refractivity contribution in [3.8, 4) is 10.6 Å². The van der Waals surface area contributed by atoms with E-state index in [1.807, 2.05) is 30.3 Å². The molecular weight excluding hydrogens is 221 g/mol. The molecule has 0 saturated heterocycles. The summed E-state index contributed by atoms with van der Waals surface area (Å²) in [6.45, 7) is 0. The van der Waals surface area contributed by atoms with E-state index in [9.17, 15) is 4.39 Å². The van der Waals surface area contributed by atoms with Gasteiger partial charge in [0.05, 0.1) is 10.2 Å². The Morgan fingerprint density at radius 2 is 2.06 bits per heavy atom. The van der Waals surface area contributed by atoms with E-state index < -0.39 is 0 Å². The zero-order valence-corrected chi connectivity index (χ0v) is 9.09. The van der Waals surface area contributed by atoms with Crippen molar-refractivity contribution < 1.29 is 4.39 Å². The van der Waals surface area contributed by atoms with Gasteiger partial charge in [-0.15, -0.1) is 11.3 Å². The van der Waals surface area contributed by atoms with Crippen LogP contribution in [0.2, 0.25) is 0 Å². The lowest BCUT2D eigenvalue weighted by atomic mass is 10.2. The van der Waals surface area contributed by atoms with Crippen LogP contribution in [0.15, 0.2) is 42.5 Å². The summed E-state index contributed by atoms with van der Waals surface area (Å²) < 4.78 is 14.1. The maximum absolute atomic E-state index is 13.0. The van der Waals surface area contributed by atoms with Crippen LogP contribution < -0.4 is 0 Å². The molecule has 3 aromatic rings. The van der Waals surface area contributed by atoms with Gasteiger partial charge in [0.15, 0.2) is 0 Å². The van der Waals surface area contributed by atoms with Gasteiger partial charge >= 0.3 is 0 Å². The summed E-state index contributed by atoms with van der Waals surface area (Å²) in [5.41, 5.74) is 1.76. The number of rotatable bonds is 1. The van der Waals surface area contributed by atoms with Crippen molar-refractivity contribution in [1.82, 2.24) is 4.98 Å². The molecule has 0 saturated carbocycles. The Morgan fingerprint density at radius 3 is 2.88 bits per heavy atom. The van der Waals surface area contributed by atoms with Gasteiger partial charge in [0.25, 0.3) is 0 Å². The molecule has 0 aliphatic carbocycles.